The molecule has 1 rings (SSSR count). The fourth-order valence-corrected chi connectivity index (χ4v) is 0.804. The standard InChI is InChI=1S/C8H11N3O2/c1-6-4-9-7(10-5-6)3-8(12)11-13-2/h4-5H,3H2,1-2H3,(H,11,12). The van der Waals surface area contributed by atoms with Crippen LogP contribution >= 0.6 is 0 Å². The Morgan fingerprint density at radius 3 is 2.69 bits per heavy atom. The van der Waals surface area contributed by atoms with Crippen molar-refractivity contribution in [1.29, 1.82) is 0 Å². The van der Waals surface area contributed by atoms with E-state index in [1.807, 2.05) is 6.92 Å². The first kappa shape index (κ1) is 9.60. The highest BCUT2D eigenvalue weighted by atomic mass is 16.6. The van der Waals surface area contributed by atoms with Gasteiger partial charge in [-0.3, -0.25) is 9.63 Å². The lowest BCUT2D eigenvalue weighted by Gasteiger charge is -2.00. The number of nitrogens with one attached hydrogen (secondary N) is 1. The van der Waals surface area contributed by atoms with Gasteiger partial charge in [0.25, 0.3) is 5.91 Å². The van der Waals surface area contributed by atoms with E-state index in [-0.39, 0.29) is 12.3 Å². The Labute approximate surface area is 76.1 Å². The van der Waals surface area contributed by atoms with E-state index in [0.717, 1.165) is 5.56 Å². The second-order valence-corrected chi connectivity index (χ2v) is 2.58. The molecule has 0 aliphatic heterocycles. The molecule has 0 aromatic carbocycles. The molecule has 0 saturated carbocycles. The predicted molar refractivity (Wildman–Crippen MR) is 45.6 cm³/mol. The fraction of sp³-hybridized carbons (Fsp3) is 0.375. The first-order chi connectivity index (χ1) is 6.22. The molecule has 5 nitrogen and oxygen atoms in total. The lowest BCUT2D eigenvalue weighted by molar-refractivity contribution is -0.130. The summed E-state index contributed by atoms with van der Waals surface area (Å²) in [5.41, 5.74) is 3.16. The quantitative estimate of drug-likeness (QED) is 0.667. The van der Waals surface area contributed by atoms with Gasteiger partial charge in [0.15, 0.2) is 0 Å². The summed E-state index contributed by atoms with van der Waals surface area (Å²) in [4.78, 5) is 23.4. The first-order valence-corrected chi connectivity index (χ1v) is 3.81. The Bertz CT molecular complexity index is 284. The Balaban J connectivity index is 2.54. The number of rotatable bonds is 3. The van der Waals surface area contributed by atoms with Crippen LogP contribution in [0.3, 0.4) is 0 Å². The number of amides is 1. The van der Waals surface area contributed by atoms with Crippen LogP contribution in [-0.2, 0) is 16.1 Å². The molecule has 1 N–H and O–H groups in total. The molecule has 70 valence electrons. The molecule has 0 saturated heterocycles. The van der Waals surface area contributed by atoms with Gasteiger partial charge in [0, 0.05) is 12.4 Å². The average Bonchev–Trinajstić information content (AvgIpc) is 2.09. The van der Waals surface area contributed by atoms with Gasteiger partial charge in [-0.25, -0.2) is 15.4 Å². The zero-order valence-corrected chi connectivity index (χ0v) is 7.57. The number of carbonyl (C=O) groups excluding carboxylic acids is 1. The minimum atomic E-state index is -0.258. The van der Waals surface area contributed by atoms with Crippen LogP contribution < -0.4 is 5.48 Å². The Hall–Kier alpha value is -1.49. The molecular weight excluding hydrogens is 170 g/mol. The van der Waals surface area contributed by atoms with Crippen molar-refractivity contribution in [1.82, 2.24) is 15.4 Å². The smallest absolute Gasteiger partial charge is 0.251 e. The maximum Gasteiger partial charge on any atom is 0.251 e. The minimum Gasteiger partial charge on any atom is -0.277 e. The summed E-state index contributed by atoms with van der Waals surface area (Å²) in [5.74, 6) is 0.228. The van der Waals surface area contributed by atoms with Crippen molar-refractivity contribution in [3.8, 4) is 0 Å². The minimum absolute atomic E-state index is 0.133. The van der Waals surface area contributed by atoms with Crippen LogP contribution in [0.2, 0.25) is 0 Å². The molecule has 0 bridgehead atoms. The highest BCUT2D eigenvalue weighted by Gasteiger charge is 2.03. The van der Waals surface area contributed by atoms with E-state index in [2.05, 4.69) is 20.3 Å². The second kappa shape index (κ2) is 4.51. The van der Waals surface area contributed by atoms with Crippen molar-refractivity contribution in [3.05, 3.63) is 23.8 Å². The van der Waals surface area contributed by atoms with Gasteiger partial charge in [-0.15, -0.1) is 0 Å². The first-order valence-electron chi connectivity index (χ1n) is 3.81. The molecule has 1 aromatic rings. The number of aromatic nitrogens is 2. The molecule has 1 amide bonds. The summed E-state index contributed by atoms with van der Waals surface area (Å²) in [7, 11) is 1.38. The van der Waals surface area contributed by atoms with Gasteiger partial charge < -0.3 is 0 Å². The van der Waals surface area contributed by atoms with E-state index in [4.69, 9.17) is 0 Å². The maximum atomic E-state index is 11.0. The summed E-state index contributed by atoms with van der Waals surface area (Å²) in [6, 6.07) is 0. The van der Waals surface area contributed by atoms with Gasteiger partial charge in [0.1, 0.15) is 5.82 Å². The van der Waals surface area contributed by atoms with Gasteiger partial charge in [0.05, 0.1) is 13.5 Å². The number of nitrogens with zero attached hydrogens (tertiary/aromatic N) is 2. The van der Waals surface area contributed by atoms with E-state index in [9.17, 15) is 4.79 Å². The SMILES string of the molecule is CONC(=O)Cc1ncc(C)cn1. The lowest BCUT2D eigenvalue weighted by atomic mass is 10.3. The number of hydroxylamine groups is 1. The predicted octanol–water partition coefficient (Wildman–Crippen LogP) is 0.00512. The van der Waals surface area contributed by atoms with Crippen LogP contribution in [0.5, 0.6) is 0 Å². The second-order valence-electron chi connectivity index (χ2n) is 2.58. The number of carbonyl (C=O) groups is 1. The van der Waals surface area contributed by atoms with E-state index in [1.165, 1.54) is 7.11 Å². The van der Waals surface area contributed by atoms with Crippen LogP contribution in [0, 0.1) is 6.92 Å². The molecular formula is C8H11N3O2. The summed E-state index contributed by atoms with van der Waals surface area (Å²) < 4.78 is 0. The molecule has 1 heterocycles. The Morgan fingerprint density at radius 2 is 2.15 bits per heavy atom. The zero-order chi connectivity index (χ0) is 9.68. The topological polar surface area (TPSA) is 64.1 Å². The van der Waals surface area contributed by atoms with Crippen molar-refractivity contribution in [3.63, 3.8) is 0 Å². The normalized spacial score (nSPS) is 9.69. The highest BCUT2D eigenvalue weighted by molar-refractivity contribution is 5.76. The molecule has 0 aliphatic carbocycles. The van der Waals surface area contributed by atoms with Crippen molar-refractivity contribution in [2.45, 2.75) is 13.3 Å². The van der Waals surface area contributed by atoms with Crippen molar-refractivity contribution in [2.75, 3.05) is 7.11 Å². The molecule has 13 heavy (non-hydrogen) atoms. The van der Waals surface area contributed by atoms with Crippen molar-refractivity contribution in [2.24, 2.45) is 0 Å². The molecule has 0 unspecified atom stereocenters. The number of hydrogen-bond donors (Lipinski definition) is 1. The van der Waals surface area contributed by atoms with Crippen LogP contribution in [0.25, 0.3) is 0 Å². The van der Waals surface area contributed by atoms with Gasteiger partial charge in [-0.2, -0.15) is 0 Å². The van der Waals surface area contributed by atoms with Gasteiger partial charge in [0.2, 0.25) is 0 Å². The summed E-state index contributed by atoms with van der Waals surface area (Å²) in [6.45, 7) is 1.89. The van der Waals surface area contributed by atoms with E-state index in [0.29, 0.717) is 5.82 Å². The van der Waals surface area contributed by atoms with E-state index in [1.54, 1.807) is 12.4 Å². The van der Waals surface area contributed by atoms with Gasteiger partial charge in [-0.1, -0.05) is 0 Å². The zero-order valence-electron chi connectivity index (χ0n) is 7.57. The van der Waals surface area contributed by atoms with Crippen molar-refractivity contribution >= 4 is 5.91 Å². The van der Waals surface area contributed by atoms with E-state index < -0.39 is 0 Å². The van der Waals surface area contributed by atoms with Crippen LogP contribution in [-0.4, -0.2) is 23.0 Å². The van der Waals surface area contributed by atoms with Gasteiger partial charge in [-0.05, 0) is 12.5 Å². The third-order valence-electron chi connectivity index (χ3n) is 1.37. The van der Waals surface area contributed by atoms with E-state index >= 15 is 0 Å². The maximum absolute atomic E-state index is 11.0. The summed E-state index contributed by atoms with van der Waals surface area (Å²) in [5, 5.41) is 0. The number of hydrogen-bond acceptors (Lipinski definition) is 4. The highest BCUT2D eigenvalue weighted by Crippen LogP contribution is 1.94. The average molecular weight is 181 g/mol. The fourth-order valence-electron chi connectivity index (χ4n) is 0.804. The molecule has 0 spiro atoms. The molecule has 1 aromatic heterocycles. The third kappa shape index (κ3) is 3.16. The van der Waals surface area contributed by atoms with Crippen LogP contribution in [0.1, 0.15) is 11.4 Å². The molecule has 0 aliphatic rings. The summed E-state index contributed by atoms with van der Waals surface area (Å²) in [6.07, 6.45) is 3.47. The Morgan fingerprint density at radius 1 is 1.54 bits per heavy atom. The molecule has 0 atom stereocenters. The largest absolute Gasteiger partial charge is 0.277 e. The molecule has 0 radical (unpaired) electrons. The van der Waals surface area contributed by atoms with Gasteiger partial charge >= 0.3 is 0 Å². The number of aryl methyl sites for hydroxylation is 1. The van der Waals surface area contributed by atoms with Crippen LogP contribution in [0.15, 0.2) is 12.4 Å². The lowest BCUT2D eigenvalue weighted by Crippen LogP contribution is -2.24. The van der Waals surface area contributed by atoms with Crippen molar-refractivity contribution < 1.29 is 9.63 Å². The summed E-state index contributed by atoms with van der Waals surface area (Å²) >= 11 is 0. The molecule has 0 fully saturated rings. The third-order valence-corrected chi connectivity index (χ3v) is 1.37. The monoisotopic (exact) mass is 181 g/mol. The molecule has 5 heteroatoms. The Kier molecular flexibility index (Phi) is 3.33. The van der Waals surface area contributed by atoms with Crippen LogP contribution in [0.4, 0.5) is 0 Å².